The van der Waals surface area contributed by atoms with Crippen molar-refractivity contribution in [1.29, 1.82) is 0 Å². The Bertz CT molecular complexity index is 525. The van der Waals surface area contributed by atoms with Crippen LogP contribution in [0.15, 0.2) is 33.6 Å². The largest absolute Gasteiger partial charge is 0.507 e. The van der Waals surface area contributed by atoms with Crippen LogP contribution in [0.1, 0.15) is 12.5 Å². The highest BCUT2D eigenvalue weighted by molar-refractivity contribution is 8.01. The molecule has 0 atom stereocenters. The molecule has 1 aromatic carbocycles. The number of thioether (sulfide) groups is 1. The van der Waals surface area contributed by atoms with Gasteiger partial charge in [0.2, 0.25) is 5.13 Å². The summed E-state index contributed by atoms with van der Waals surface area (Å²) in [5.41, 5.74) is 0.674. The van der Waals surface area contributed by atoms with Gasteiger partial charge in [-0.15, -0.1) is 10.2 Å². The predicted octanol–water partition coefficient (Wildman–Crippen LogP) is 3.11. The minimum Gasteiger partial charge on any atom is -0.507 e. The first-order chi connectivity index (χ1) is 8.29. The van der Waals surface area contributed by atoms with E-state index >= 15 is 0 Å². The number of nitrogens with zero attached hydrogens (tertiary/aromatic N) is 3. The third kappa shape index (κ3) is 3.28. The molecule has 0 amide bonds. The van der Waals surface area contributed by atoms with Gasteiger partial charge in [-0.1, -0.05) is 42.2 Å². The molecule has 2 aromatic rings. The third-order valence-corrected chi connectivity index (χ3v) is 3.76. The first kappa shape index (κ1) is 12.1. The van der Waals surface area contributed by atoms with E-state index in [1.807, 2.05) is 6.07 Å². The number of phenols is 1. The maximum absolute atomic E-state index is 9.55. The van der Waals surface area contributed by atoms with Crippen molar-refractivity contribution in [3.8, 4) is 5.75 Å². The number of aliphatic imine (C=N–C) groups is 1. The highest BCUT2D eigenvalue weighted by Crippen LogP contribution is 2.27. The van der Waals surface area contributed by atoms with Crippen molar-refractivity contribution in [3.63, 3.8) is 0 Å². The number of rotatable bonds is 4. The fourth-order valence-corrected chi connectivity index (χ4v) is 2.74. The molecule has 0 spiro atoms. The summed E-state index contributed by atoms with van der Waals surface area (Å²) in [4.78, 5) is 4.19. The first-order valence-electron chi connectivity index (χ1n) is 5.08. The summed E-state index contributed by atoms with van der Waals surface area (Å²) in [5, 5.41) is 18.1. The second-order valence-corrected chi connectivity index (χ2v) is 5.57. The summed E-state index contributed by atoms with van der Waals surface area (Å²) in [6.45, 7) is 2.07. The average Bonchev–Trinajstić information content (AvgIpc) is 2.76. The van der Waals surface area contributed by atoms with Gasteiger partial charge >= 0.3 is 0 Å². The monoisotopic (exact) mass is 265 g/mol. The van der Waals surface area contributed by atoms with Crippen molar-refractivity contribution in [3.05, 3.63) is 29.8 Å². The Morgan fingerprint density at radius 1 is 1.41 bits per heavy atom. The van der Waals surface area contributed by atoms with Crippen LogP contribution in [0, 0.1) is 0 Å². The zero-order valence-corrected chi connectivity index (χ0v) is 10.8. The van der Waals surface area contributed by atoms with Gasteiger partial charge in [-0.3, -0.25) is 0 Å². The zero-order valence-electron chi connectivity index (χ0n) is 9.20. The van der Waals surface area contributed by atoms with Crippen LogP contribution in [0.25, 0.3) is 0 Å². The molecule has 2 rings (SSSR count). The van der Waals surface area contributed by atoms with Crippen molar-refractivity contribution in [2.45, 2.75) is 11.3 Å². The predicted molar refractivity (Wildman–Crippen MR) is 71.7 cm³/mol. The molecule has 0 bridgehead atoms. The SMILES string of the molecule is CCSc1nnc(N=Cc2ccccc2O)s1. The second kappa shape index (κ2) is 5.79. The van der Waals surface area contributed by atoms with E-state index in [-0.39, 0.29) is 5.75 Å². The molecular formula is C11H11N3OS2. The van der Waals surface area contributed by atoms with Crippen molar-refractivity contribution >= 4 is 34.4 Å². The lowest BCUT2D eigenvalue weighted by molar-refractivity contribution is 0.474. The van der Waals surface area contributed by atoms with E-state index in [2.05, 4.69) is 22.1 Å². The van der Waals surface area contributed by atoms with Crippen LogP contribution in [-0.2, 0) is 0 Å². The molecule has 4 nitrogen and oxygen atoms in total. The Labute approximate surface area is 107 Å². The van der Waals surface area contributed by atoms with Crippen molar-refractivity contribution < 1.29 is 5.11 Å². The minimum atomic E-state index is 0.212. The molecule has 0 unspecified atom stereocenters. The van der Waals surface area contributed by atoms with Crippen LogP contribution in [0.3, 0.4) is 0 Å². The van der Waals surface area contributed by atoms with E-state index in [1.165, 1.54) is 11.3 Å². The molecule has 0 aliphatic carbocycles. The van der Waals surface area contributed by atoms with Crippen LogP contribution < -0.4 is 0 Å². The molecule has 17 heavy (non-hydrogen) atoms. The lowest BCUT2D eigenvalue weighted by atomic mass is 10.2. The molecule has 88 valence electrons. The Balaban J connectivity index is 2.12. The van der Waals surface area contributed by atoms with Gasteiger partial charge in [-0.2, -0.15) is 0 Å². The summed E-state index contributed by atoms with van der Waals surface area (Å²) in [6, 6.07) is 7.04. The maximum Gasteiger partial charge on any atom is 0.232 e. The fourth-order valence-electron chi connectivity index (χ4n) is 1.16. The molecule has 1 heterocycles. The van der Waals surface area contributed by atoms with Gasteiger partial charge in [0.25, 0.3) is 0 Å². The van der Waals surface area contributed by atoms with Gasteiger partial charge in [0.15, 0.2) is 4.34 Å². The van der Waals surface area contributed by atoms with E-state index < -0.39 is 0 Å². The quantitative estimate of drug-likeness (QED) is 0.681. The molecule has 0 saturated heterocycles. The van der Waals surface area contributed by atoms with Gasteiger partial charge in [-0.25, -0.2) is 4.99 Å². The number of hydrogen-bond acceptors (Lipinski definition) is 6. The zero-order chi connectivity index (χ0) is 12.1. The second-order valence-electron chi connectivity index (χ2n) is 3.10. The van der Waals surface area contributed by atoms with Crippen molar-refractivity contribution in [2.75, 3.05) is 5.75 Å². The van der Waals surface area contributed by atoms with E-state index in [0.29, 0.717) is 10.7 Å². The average molecular weight is 265 g/mol. The Morgan fingerprint density at radius 3 is 3.00 bits per heavy atom. The summed E-state index contributed by atoms with van der Waals surface area (Å²) in [6.07, 6.45) is 1.59. The van der Waals surface area contributed by atoms with Gasteiger partial charge in [0.05, 0.1) is 0 Å². The number of para-hydroxylation sites is 1. The highest BCUT2D eigenvalue weighted by Gasteiger charge is 2.02. The number of aromatic hydroxyl groups is 1. The standard InChI is InChI=1S/C11H11N3OS2/c1-2-16-11-14-13-10(17-11)12-7-8-5-3-4-6-9(8)15/h3-7,15H,2H2,1H3. The highest BCUT2D eigenvalue weighted by atomic mass is 32.2. The third-order valence-electron chi connectivity index (χ3n) is 1.91. The summed E-state index contributed by atoms with van der Waals surface area (Å²) in [7, 11) is 0. The molecular weight excluding hydrogens is 254 g/mol. The number of phenolic OH excluding ortho intramolecular Hbond substituents is 1. The molecule has 1 aromatic heterocycles. The molecule has 0 saturated carbocycles. The summed E-state index contributed by atoms with van der Waals surface area (Å²) in [5.74, 6) is 1.18. The summed E-state index contributed by atoms with van der Waals surface area (Å²) >= 11 is 3.09. The molecule has 0 radical (unpaired) electrons. The Kier molecular flexibility index (Phi) is 4.11. The minimum absolute atomic E-state index is 0.212. The normalized spacial score (nSPS) is 11.1. The number of aromatic nitrogens is 2. The van der Waals surface area contributed by atoms with Crippen molar-refractivity contribution in [2.24, 2.45) is 4.99 Å². The van der Waals surface area contributed by atoms with E-state index in [0.717, 1.165) is 10.1 Å². The van der Waals surface area contributed by atoms with Gasteiger partial charge in [0.1, 0.15) is 5.75 Å². The topological polar surface area (TPSA) is 58.4 Å². The van der Waals surface area contributed by atoms with Crippen LogP contribution in [-0.4, -0.2) is 27.3 Å². The van der Waals surface area contributed by atoms with Crippen LogP contribution >= 0.6 is 23.1 Å². The fraction of sp³-hybridized carbons (Fsp3) is 0.182. The lowest BCUT2D eigenvalue weighted by Gasteiger charge is -1.94. The van der Waals surface area contributed by atoms with Crippen LogP contribution in [0.5, 0.6) is 5.75 Å². The molecule has 0 fully saturated rings. The number of hydrogen-bond donors (Lipinski definition) is 1. The van der Waals surface area contributed by atoms with Crippen LogP contribution in [0.2, 0.25) is 0 Å². The Hall–Kier alpha value is -1.40. The molecule has 1 N–H and O–H groups in total. The number of benzene rings is 1. The first-order valence-corrected chi connectivity index (χ1v) is 6.88. The smallest absolute Gasteiger partial charge is 0.232 e. The van der Waals surface area contributed by atoms with E-state index in [9.17, 15) is 5.11 Å². The molecule has 6 heteroatoms. The lowest BCUT2D eigenvalue weighted by Crippen LogP contribution is -1.80. The van der Waals surface area contributed by atoms with E-state index in [1.54, 1.807) is 36.2 Å². The van der Waals surface area contributed by atoms with Crippen molar-refractivity contribution in [1.82, 2.24) is 10.2 Å². The van der Waals surface area contributed by atoms with Crippen LogP contribution in [0.4, 0.5) is 5.13 Å². The summed E-state index contributed by atoms with van der Waals surface area (Å²) < 4.78 is 0.914. The van der Waals surface area contributed by atoms with E-state index in [4.69, 9.17) is 0 Å². The molecule has 0 aliphatic rings. The molecule has 0 aliphatic heterocycles. The van der Waals surface area contributed by atoms with Gasteiger partial charge in [0, 0.05) is 11.8 Å². The van der Waals surface area contributed by atoms with Gasteiger partial charge in [-0.05, 0) is 17.9 Å². The van der Waals surface area contributed by atoms with Gasteiger partial charge < -0.3 is 5.11 Å². The maximum atomic E-state index is 9.55. The Morgan fingerprint density at radius 2 is 2.24 bits per heavy atom.